The number of hydrogen-bond acceptors (Lipinski definition) is 0. The van der Waals surface area contributed by atoms with Gasteiger partial charge < -0.3 is 0 Å². The topological polar surface area (TPSA) is 0 Å². The molecule has 0 aromatic heterocycles. The first-order valence-corrected chi connectivity index (χ1v) is 8.97. The number of benzene rings is 1. The van der Waals surface area contributed by atoms with Crippen LogP contribution in [0.3, 0.4) is 0 Å². The maximum absolute atomic E-state index is 2.33. The summed E-state index contributed by atoms with van der Waals surface area (Å²) in [7, 11) is 0. The Labute approximate surface area is 125 Å². The second-order valence-electron chi connectivity index (χ2n) is 7.22. The molecule has 2 fully saturated rings. The molecule has 0 bridgehead atoms. The summed E-state index contributed by atoms with van der Waals surface area (Å²) in [6, 6.07) is 11.2. The van der Waals surface area contributed by atoms with Gasteiger partial charge in [0.2, 0.25) is 0 Å². The predicted molar refractivity (Wildman–Crippen MR) is 87.0 cm³/mol. The van der Waals surface area contributed by atoms with Crippen molar-refractivity contribution in [2.24, 2.45) is 11.8 Å². The van der Waals surface area contributed by atoms with Gasteiger partial charge in [-0.25, -0.2) is 0 Å². The van der Waals surface area contributed by atoms with Gasteiger partial charge in [-0.2, -0.15) is 0 Å². The average molecular weight is 270 g/mol. The lowest BCUT2D eigenvalue weighted by molar-refractivity contribution is 0.423. The van der Waals surface area contributed by atoms with Gasteiger partial charge in [0.05, 0.1) is 0 Å². The van der Waals surface area contributed by atoms with Crippen molar-refractivity contribution in [2.45, 2.75) is 76.5 Å². The first kappa shape index (κ1) is 14.2. The minimum Gasteiger partial charge on any atom is -0.0622 e. The van der Waals surface area contributed by atoms with E-state index in [1.54, 1.807) is 5.56 Å². The lowest BCUT2D eigenvalue weighted by atomic mass is 9.93. The zero-order chi connectivity index (χ0) is 13.6. The maximum Gasteiger partial charge on any atom is -0.0159 e. The largest absolute Gasteiger partial charge is 0.0622 e. The average Bonchev–Trinajstić information content (AvgIpc) is 3.16. The molecule has 0 radical (unpaired) electrons. The predicted octanol–water partition coefficient (Wildman–Crippen LogP) is 6.32. The molecule has 110 valence electrons. The summed E-state index contributed by atoms with van der Waals surface area (Å²) >= 11 is 0. The van der Waals surface area contributed by atoms with Gasteiger partial charge in [-0.3, -0.25) is 0 Å². The van der Waals surface area contributed by atoms with Crippen LogP contribution in [0.15, 0.2) is 30.3 Å². The molecule has 0 aliphatic heterocycles. The number of unbranched alkanes of at least 4 members (excludes halogenated alkanes) is 1. The monoisotopic (exact) mass is 270 g/mol. The minimum atomic E-state index is 0.857. The second kappa shape index (κ2) is 7.29. The first-order valence-electron chi connectivity index (χ1n) is 8.97. The van der Waals surface area contributed by atoms with Crippen LogP contribution < -0.4 is 0 Å². The van der Waals surface area contributed by atoms with E-state index in [-0.39, 0.29) is 0 Å². The molecule has 2 saturated carbocycles. The van der Waals surface area contributed by atoms with Gasteiger partial charge in [-0.05, 0) is 42.6 Å². The van der Waals surface area contributed by atoms with E-state index in [0.717, 1.165) is 17.8 Å². The Morgan fingerprint density at radius 2 is 1.45 bits per heavy atom. The van der Waals surface area contributed by atoms with Crippen molar-refractivity contribution >= 4 is 0 Å². The SMILES string of the molecule is c1ccc(C2CCC(CCCCC3CCCC3)C2)cc1. The van der Waals surface area contributed by atoms with E-state index in [0.29, 0.717) is 0 Å². The standard InChI is InChI=1S/C20H30/c1-2-12-19(13-3-1)20-15-14-18(16-20)11-7-6-10-17-8-4-5-9-17/h1-3,12-13,17-18,20H,4-11,14-16H2. The first-order chi connectivity index (χ1) is 9.92. The van der Waals surface area contributed by atoms with Gasteiger partial charge in [0, 0.05) is 0 Å². The Hall–Kier alpha value is -0.780. The van der Waals surface area contributed by atoms with Crippen LogP contribution in [-0.2, 0) is 0 Å². The lowest BCUT2D eigenvalue weighted by Gasteiger charge is -2.13. The van der Waals surface area contributed by atoms with Gasteiger partial charge >= 0.3 is 0 Å². The molecular weight excluding hydrogens is 240 g/mol. The van der Waals surface area contributed by atoms with Crippen molar-refractivity contribution in [3.63, 3.8) is 0 Å². The van der Waals surface area contributed by atoms with E-state index in [1.165, 1.54) is 70.6 Å². The van der Waals surface area contributed by atoms with Crippen molar-refractivity contribution in [1.29, 1.82) is 0 Å². The fraction of sp³-hybridized carbons (Fsp3) is 0.700. The van der Waals surface area contributed by atoms with Gasteiger partial charge in [-0.1, -0.05) is 81.7 Å². The van der Waals surface area contributed by atoms with Crippen LogP contribution in [0.5, 0.6) is 0 Å². The molecule has 2 unspecified atom stereocenters. The summed E-state index contributed by atoms with van der Waals surface area (Å²) < 4.78 is 0. The molecule has 0 N–H and O–H groups in total. The molecule has 0 nitrogen and oxygen atoms in total. The summed E-state index contributed by atoms with van der Waals surface area (Å²) in [5.41, 5.74) is 1.58. The molecule has 2 atom stereocenters. The van der Waals surface area contributed by atoms with E-state index in [4.69, 9.17) is 0 Å². The molecule has 3 rings (SSSR count). The zero-order valence-corrected chi connectivity index (χ0v) is 12.9. The quantitative estimate of drug-likeness (QED) is 0.530. The van der Waals surface area contributed by atoms with E-state index >= 15 is 0 Å². The smallest absolute Gasteiger partial charge is 0.0159 e. The number of hydrogen-bond donors (Lipinski definition) is 0. The van der Waals surface area contributed by atoms with Crippen molar-refractivity contribution in [2.75, 3.05) is 0 Å². The molecule has 1 aromatic rings. The van der Waals surface area contributed by atoms with Crippen LogP contribution in [0.2, 0.25) is 0 Å². The van der Waals surface area contributed by atoms with Crippen molar-refractivity contribution in [3.8, 4) is 0 Å². The van der Waals surface area contributed by atoms with Crippen LogP contribution in [0.25, 0.3) is 0 Å². The van der Waals surface area contributed by atoms with Crippen molar-refractivity contribution < 1.29 is 0 Å². The van der Waals surface area contributed by atoms with E-state index in [9.17, 15) is 0 Å². The van der Waals surface area contributed by atoms with Crippen LogP contribution in [0.4, 0.5) is 0 Å². The Morgan fingerprint density at radius 3 is 2.20 bits per heavy atom. The third-order valence-electron chi connectivity index (χ3n) is 5.76. The van der Waals surface area contributed by atoms with Crippen LogP contribution in [0.1, 0.15) is 82.1 Å². The Kier molecular flexibility index (Phi) is 5.17. The van der Waals surface area contributed by atoms with Gasteiger partial charge in [0.15, 0.2) is 0 Å². The molecule has 2 aliphatic carbocycles. The zero-order valence-electron chi connectivity index (χ0n) is 12.9. The van der Waals surface area contributed by atoms with Crippen LogP contribution >= 0.6 is 0 Å². The highest BCUT2D eigenvalue weighted by atomic mass is 14.3. The third-order valence-corrected chi connectivity index (χ3v) is 5.76. The Morgan fingerprint density at radius 1 is 0.750 bits per heavy atom. The van der Waals surface area contributed by atoms with Crippen LogP contribution in [0, 0.1) is 11.8 Å². The summed E-state index contributed by atoms with van der Waals surface area (Å²) in [4.78, 5) is 0. The van der Waals surface area contributed by atoms with Gasteiger partial charge in [0.25, 0.3) is 0 Å². The van der Waals surface area contributed by atoms with Gasteiger partial charge in [0.1, 0.15) is 0 Å². The van der Waals surface area contributed by atoms with Crippen molar-refractivity contribution in [3.05, 3.63) is 35.9 Å². The summed E-state index contributed by atoms with van der Waals surface area (Å²) in [5.74, 6) is 2.97. The van der Waals surface area contributed by atoms with E-state index < -0.39 is 0 Å². The second-order valence-corrected chi connectivity index (χ2v) is 7.22. The molecule has 0 saturated heterocycles. The third kappa shape index (κ3) is 3.87. The normalized spacial score (nSPS) is 27.2. The Balaban J connectivity index is 1.33. The molecule has 2 aliphatic rings. The summed E-state index contributed by atoms with van der Waals surface area (Å²) in [6.45, 7) is 0. The van der Waals surface area contributed by atoms with E-state index in [2.05, 4.69) is 30.3 Å². The molecule has 0 spiro atoms. The highest BCUT2D eigenvalue weighted by Gasteiger charge is 2.25. The molecule has 20 heavy (non-hydrogen) atoms. The molecule has 0 heterocycles. The maximum atomic E-state index is 2.33. The summed E-state index contributed by atoms with van der Waals surface area (Å²) in [5, 5.41) is 0. The summed E-state index contributed by atoms with van der Waals surface area (Å²) in [6.07, 6.45) is 16.4. The van der Waals surface area contributed by atoms with E-state index in [1.807, 2.05) is 0 Å². The molecule has 1 aromatic carbocycles. The highest BCUT2D eigenvalue weighted by Crippen LogP contribution is 2.40. The molecule has 0 heteroatoms. The fourth-order valence-corrected chi connectivity index (χ4v) is 4.53. The van der Waals surface area contributed by atoms with Crippen molar-refractivity contribution in [1.82, 2.24) is 0 Å². The van der Waals surface area contributed by atoms with Crippen LogP contribution in [-0.4, -0.2) is 0 Å². The fourth-order valence-electron chi connectivity index (χ4n) is 4.53. The minimum absolute atomic E-state index is 0.857. The molecular formula is C20H30. The van der Waals surface area contributed by atoms with Gasteiger partial charge in [-0.15, -0.1) is 0 Å². The highest BCUT2D eigenvalue weighted by molar-refractivity contribution is 5.20. The number of rotatable bonds is 6. The lowest BCUT2D eigenvalue weighted by Crippen LogP contribution is -1.98. The Bertz CT molecular complexity index is 374. The molecule has 0 amide bonds.